The van der Waals surface area contributed by atoms with E-state index in [9.17, 15) is 4.79 Å². The van der Waals surface area contributed by atoms with Crippen molar-refractivity contribution >= 4 is 40.6 Å². The standard InChI is InChI=1S/C33H32ClNO6/c1-37-26-15-16-31(28(19-26)32(36)38-2)40-20-29(22-8-9-22)33(39-3)41-27-6-4-5-21(17-27)7-13-25-14-11-23-10-12-24(34)18-30(23)35-25/h4-7,10-19,22,29,33H,8-9,20H2,1-3H3/b13-7+. The van der Waals surface area contributed by atoms with Crippen molar-refractivity contribution in [3.05, 3.63) is 94.6 Å². The van der Waals surface area contributed by atoms with Crippen LogP contribution >= 0.6 is 11.6 Å². The van der Waals surface area contributed by atoms with Crippen molar-refractivity contribution in [2.24, 2.45) is 11.8 Å². The van der Waals surface area contributed by atoms with Crippen molar-refractivity contribution in [3.8, 4) is 17.2 Å². The SMILES string of the molecule is COC(=O)c1cc(OC)ccc1OCC(C1CC1)C(OC)Oc1cccc(/C=C/c2ccc3ccc(Cl)cc3n2)c1. The van der Waals surface area contributed by atoms with Crippen molar-refractivity contribution in [2.75, 3.05) is 27.9 Å². The third-order valence-corrected chi connectivity index (χ3v) is 7.30. The summed E-state index contributed by atoms with van der Waals surface area (Å²) in [4.78, 5) is 17.0. The number of benzene rings is 3. The molecule has 4 aromatic rings. The van der Waals surface area contributed by atoms with E-state index in [2.05, 4.69) is 4.98 Å². The number of fused-ring (bicyclic) bond motifs is 1. The molecule has 1 aliphatic rings. The number of methoxy groups -OCH3 is 3. The molecule has 0 radical (unpaired) electrons. The van der Waals surface area contributed by atoms with Crippen molar-refractivity contribution in [3.63, 3.8) is 0 Å². The van der Waals surface area contributed by atoms with Crippen LogP contribution in [-0.2, 0) is 9.47 Å². The Morgan fingerprint density at radius 2 is 1.80 bits per heavy atom. The molecule has 7 nitrogen and oxygen atoms in total. The maximum Gasteiger partial charge on any atom is 0.341 e. The van der Waals surface area contributed by atoms with Gasteiger partial charge in [-0.1, -0.05) is 41.9 Å². The summed E-state index contributed by atoms with van der Waals surface area (Å²) >= 11 is 6.13. The highest BCUT2D eigenvalue weighted by molar-refractivity contribution is 6.31. The zero-order valence-corrected chi connectivity index (χ0v) is 24.0. The van der Waals surface area contributed by atoms with Gasteiger partial charge in [-0.3, -0.25) is 0 Å². The number of hydrogen-bond donors (Lipinski definition) is 0. The summed E-state index contributed by atoms with van der Waals surface area (Å²) in [6.45, 7) is 0.316. The summed E-state index contributed by atoms with van der Waals surface area (Å²) in [5.41, 5.74) is 2.95. The number of aromatic nitrogens is 1. The zero-order valence-electron chi connectivity index (χ0n) is 23.2. The van der Waals surface area contributed by atoms with Gasteiger partial charge in [-0.25, -0.2) is 9.78 Å². The third-order valence-electron chi connectivity index (χ3n) is 7.07. The van der Waals surface area contributed by atoms with E-state index in [-0.39, 0.29) is 5.92 Å². The van der Waals surface area contributed by atoms with Crippen LogP contribution in [0.1, 0.15) is 34.5 Å². The van der Waals surface area contributed by atoms with Gasteiger partial charge in [-0.2, -0.15) is 0 Å². The van der Waals surface area contributed by atoms with Crippen molar-refractivity contribution in [1.29, 1.82) is 0 Å². The second-order valence-electron chi connectivity index (χ2n) is 9.87. The van der Waals surface area contributed by atoms with Crippen molar-refractivity contribution in [1.82, 2.24) is 4.98 Å². The van der Waals surface area contributed by atoms with E-state index < -0.39 is 12.3 Å². The first-order valence-corrected chi connectivity index (χ1v) is 13.8. The normalized spacial score (nSPS) is 14.5. The van der Waals surface area contributed by atoms with Gasteiger partial charge in [0.1, 0.15) is 22.8 Å². The molecule has 8 heteroatoms. The van der Waals surface area contributed by atoms with Crippen LogP contribution in [-0.4, -0.2) is 45.2 Å². The van der Waals surface area contributed by atoms with Gasteiger partial charge in [0.15, 0.2) is 0 Å². The molecule has 0 amide bonds. The fourth-order valence-corrected chi connectivity index (χ4v) is 4.86. The Hall–Kier alpha value is -4.07. The average Bonchev–Trinajstić information content (AvgIpc) is 3.84. The summed E-state index contributed by atoms with van der Waals surface area (Å²) in [7, 11) is 4.52. The maximum atomic E-state index is 12.3. The first-order chi connectivity index (χ1) is 20.0. The van der Waals surface area contributed by atoms with Gasteiger partial charge < -0.3 is 23.7 Å². The predicted molar refractivity (Wildman–Crippen MR) is 160 cm³/mol. The number of carbonyl (C=O) groups excluding carboxylic acids is 1. The molecule has 0 saturated heterocycles. The summed E-state index contributed by atoms with van der Waals surface area (Å²) in [5.74, 6) is 1.52. The molecule has 0 bridgehead atoms. The molecule has 1 fully saturated rings. The average molecular weight is 574 g/mol. The predicted octanol–water partition coefficient (Wildman–Crippen LogP) is 7.31. The van der Waals surface area contributed by atoms with Gasteiger partial charge >= 0.3 is 5.97 Å². The molecule has 41 heavy (non-hydrogen) atoms. The Morgan fingerprint density at radius 3 is 2.56 bits per heavy atom. The number of rotatable bonds is 12. The van der Waals surface area contributed by atoms with Crippen LogP contribution in [0.2, 0.25) is 5.02 Å². The molecule has 2 unspecified atom stereocenters. The van der Waals surface area contributed by atoms with Gasteiger partial charge in [0.05, 0.1) is 38.0 Å². The summed E-state index contributed by atoms with van der Waals surface area (Å²) in [6.07, 6.45) is 5.55. The second-order valence-corrected chi connectivity index (χ2v) is 10.3. The molecule has 1 aliphatic carbocycles. The highest BCUT2D eigenvalue weighted by atomic mass is 35.5. The van der Waals surface area contributed by atoms with Crippen LogP contribution in [0.4, 0.5) is 0 Å². The molecule has 3 aromatic carbocycles. The molecule has 1 heterocycles. The lowest BCUT2D eigenvalue weighted by Gasteiger charge is -2.27. The first kappa shape index (κ1) is 28.5. The maximum absolute atomic E-state index is 12.3. The number of carbonyl (C=O) groups is 1. The van der Waals surface area contributed by atoms with E-state index in [4.69, 9.17) is 35.3 Å². The Morgan fingerprint density at radius 1 is 0.976 bits per heavy atom. The number of ether oxygens (including phenoxy) is 5. The summed E-state index contributed by atoms with van der Waals surface area (Å²) in [6, 6.07) is 22.6. The molecular weight excluding hydrogens is 542 g/mol. The number of nitrogens with zero attached hydrogens (tertiary/aromatic N) is 1. The molecule has 5 rings (SSSR count). The van der Waals surface area contributed by atoms with Crippen LogP contribution in [0.3, 0.4) is 0 Å². The van der Waals surface area contributed by atoms with Crippen LogP contribution < -0.4 is 14.2 Å². The smallest absolute Gasteiger partial charge is 0.341 e. The van der Waals surface area contributed by atoms with Crippen LogP contribution in [0.25, 0.3) is 23.1 Å². The lowest BCUT2D eigenvalue weighted by molar-refractivity contribution is -0.108. The van der Waals surface area contributed by atoms with Crippen LogP contribution in [0.15, 0.2) is 72.8 Å². The third kappa shape index (κ3) is 7.17. The highest BCUT2D eigenvalue weighted by Gasteiger charge is 2.39. The quantitative estimate of drug-likeness (QED) is 0.130. The van der Waals surface area contributed by atoms with E-state index in [0.717, 1.165) is 35.0 Å². The Labute approximate surface area is 244 Å². The van der Waals surface area contributed by atoms with E-state index in [0.29, 0.717) is 40.4 Å². The first-order valence-electron chi connectivity index (χ1n) is 13.4. The Kier molecular flexibility index (Phi) is 9.07. The molecule has 0 spiro atoms. The highest BCUT2D eigenvalue weighted by Crippen LogP contribution is 2.40. The fourth-order valence-electron chi connectivity index (χ4n) is 4.70. The molecule has 0 N–H and O–H groups in total. The largest absolute Gasteiger partial charge is 0.497 e. The lowest BCUT2D eigenvalue weighted by Crippen LogP contribution is -2.34. The molecule has 2 atom stereocenters. The second kappa shape index (κ2) is 13.1. The molecule has 1 aromatic heterocycles. The van der Waals surface area contributed by atoms with Crippen LogP contribution in [0, 0.1) is 11.8 Å². The summed E-state index contributed by atoms with van der Waals surface area (Å²) in [5, 5.41) is 1.70. The summed E-state index contributed by atoms with van der Waals surface area (Å²) < 4.78 is 28.5. The molecule has 212 valence electrons. The minimum Gasteiger partial charge on any atom is -0.497 e. The fraction of sp³-hybridized carbons (Fsp3) is 0.273. The van der Waals surface area contributed by atoms with Gasteiger partial charge in [-0.05, 0) is 78.9 Å². The van der Waals surface area contributed by atoms with Crippen molar-refractivity contribution in [2.45, 2.75) is 19.1 Å². The van der Waals surface area contributed by atoms with Gasteiger partial charge in [0, 0.05) is 17.5 Å². The molecular formula is C33H32ClNO6. The topological polar surface area (TPSA) is 76.1 Å². The number of halogens is 1. The van der Waals surface area contributed by atoms with E-state index in [1.165, 1.54) is 7.11 Å². The van der Waals surface area contributed by atoms with E-state index >= 15 is 0 Å². The number of esters is 1. The molecule has 0 aliphatic heterocycles. The van der Waals surface area contributed by atoms with Gasteiger partial charge in [0.2, 0.25) is 6.29 Å². The number of hydrogen-bond acceptors (Lipinski definition) is 7. The Bertz CT molecular complexity index is 1550. The minimum absolute atomic E-state index is 0.0413. The van der Waals surface area contributed by atoms with Crippen molar-refractivity contribution < 1.29 is 28.5 Å². The van der Waals surface area contributed by atoms with Gasteiger partial charge in [0.25, 0.3) is 0 Å². The number of pyridine rings is 1. The van der Waals surface area contributed by atoms with Gasteiger partial charge in [-0.15, -0.1) is 0 Å². The Balaban J connectivity index is 1.28. The monoisotopic (exact) mass is 573 g/mol. The lowest BCUT2D eigenvalue weighted by atomic mass is 10.0. The molecule has 1 saturated carbocycles. The van der Waals surface area contributed by atoms with E-state index in [1.54, 1.807) is 32.4 Å². The van der Waals surface area contributed by atoms with Crippen LogP contribution in [0.5, 0.6) is 17.2 Å². The minimum atomic E-state index is -0.534. The van der Waals surface area contributed by atoms with E-state index in [1.807, 2.05) is 66.7 Å². The zero-order chi connectivity index (χ0) is 28.8.